The zero-order valence-electron chi connectivity index (χ0n) is 12.1. The van der Waals surface area contributed by atoms with Crippen LogP contribution in [0.1, 0.15) is 24.7 Å². The van der Waals surface area contributed by atoms with E-state index in [1.807, 2.05) is 6.07 Å². The number of benzene rings is 1. The number of carbonyl (C=O) groups is 1. The number of hydrogen-bond donors (Lipinski definition) is 0. The number of ketones is 1. The highest BCUT2D eigenvalue weighted by molar-refractivity contribution is 6.42. The molecular weight excluding hydrogens is 325 g/mol. The summed E-state index contributed by atoms with van der Waals surface area (Å²) < 4.78 is 11.8. The van der Waals surface area contributed by atoms with Crippen LogP contribution < -0.4 is 0 Å². The van der Waals surface area contributed by atoms with Crippen LogP contribution in [0, 0.1) is 5.92 Å². The van der Waals surface area contributed by atoms with Gasteiger partial charge in [0.1, 0.15) is 5.54 Å². The Hall–Kier alpha value is -0.650. The van der Waals surface area contributed by atoms with Crippen molar-refractivity contribution in [2.45, 2.75) is 24.7 Å². The Morgan fingerprint density at radius 2 is 1.77 bits per heavy atom. The molecular formula is C16H17Cl2NO3. The fraction of sp³-hybridized carbons (Fsp3) is 0.562. The topological polar surface area (TPSA) is 38.8 Å². The van der Waals surface area contributed by atoms with E-state index in [0.29, 0.717) is 23.3 Å². The molecule has 0 aromatic heterocycles. The molecule has 4 aliphatic heterocycles. The van der Waals surface area contributed by atoms with E-state index >= 15 is 0 Å². The molecule has 0 aliphatic carbocycles. The zero-order chi connectivity index (χ0) is 15.3. The van der Waals surface area contributed by atoms with E-state index in [4.69, 9.17) is 32.7 Å². The van der Waals surface area contributed by atoms with Crippen molar-refractivity contribution in [3.63, 3.8) is 0 Å². The van der Waals surface area contributed by atoms with Crippen molar-refractivity contribution in [1.82, 2.24) is 4.90 Å². The molecule has 1 spiro atoms. The number of nitrogens with zero attached hydrogens (tertiary/aromatic N) is 1. The van der Waals surface area contributed by atoms with Crippen LogP contribution in [0.5, 0.6) is 0 Å². The average Bonchev–Trinajstić information content (AvgIpc) is 2.56. The molecule has 22 heavy (non-hydrogen) atoms. The summed E-state index contributed by atoms with van der Waals surface area (Å²) in [5.74, 6) is 0.469. The maximum Gasteiger partial charge on any atom is 0.184 e. The molecule has 4 heterocycles. The number of halogens is 2. The van der Waals surface area contributed by atoms with Crippen molar-refractivity contribution < 1.29 is 14.3 Å². The number of fused-ring (bicyclic) bond motifs is 2. The van der Waals surface area contributed by atoms with Gasteiger partial charge >= 0.3 is 0 Å². The first-order valence-electron chi connectivity index (χ1n) is 7.58. The third-order valence-electron chi connectivity index (χ3n) is 5.09. The first kappa shape index (κ1) is 14.9. The molecule has 5 rings (SSSR count). The number of ether oxygens (including phenoxy) is 2. The Bertz CT molecular complexity index is 605. The van der Waals surface area contributed by atoms with Gasteiger partial charge < -0.3 is 9.47 Å². The Morgan fingerprint density at radius 3 is 2.36 bits per heavy atom. The van der Waals surface area contributed by atoms with Gasteiger partial charge in [-0.05, 0) is 38.1 Å². The summed E-state index contributed by atoms with van der Waals surface area (Å²) in [6.45, 7) is 2.68. The van der Waals surface area contributed by atoms with Crippen LogP contribution in [0.3, 0.4) is 0 Å². The van der Waals surface area contributed by atoms with Gasteiger partial charge in [0.25, 0.3) is 0 Å². The maximum atomic E-state index is 12.7. The third kappa shape index (κ3) is 2.21. The zero-order valence-corrected chi connectivity index (χ0v) is 13.6. The molecule has 2 bridgehead atoms. The van der Waals surface area contributed by atoms with Gasteiger partial charge in [0.05, 0.1) is 23.3 Å². The highest BCUT2D eigenvalue weighted by Gasteiger charge is 2.55. The van der Waals surface area contributed by atoms with E-state index < -0.39 is 11.8 Å². The van der Waals surface area contributed by atoms with E-state index in [1.165, 1.54) is 0 Å². The molecule has 118 valence electrons. The largest absolute Gasteiger partial charge is 0.346 e. The summed E-state index contributed by atoms with van der Waals surface area (Å²) >= 11 is 12.0. The fourth-order valence-electron chi connectivity index (χ4n) is 3.80. The van der Waals surface area contributed by atoms with E-state index in [0.717, 1.165) is 31.5 Å². The lowest BCUT2D eigenvalue weighted by Crippen LogP contribution is -2.70. The van der Waals surface area contributed by atoms with Crippen LogP contribution in [0.25, 0.3) is 0 Å². The second-order valence-corrected chi connectivity index (χ2v) is 7.10. The smallest absolute Gasteiger partial charge is 0.184 e. The van der Waals surface area contributed by atoms with Crippen molar-refractivity contribution in [1.29, 1.82) is 0 Å². The lowest BCUT2D eigenvalue weighted by Gasteiger charge is -2.54. The van der Waals surface area contributed by atoms with Gasteiger partial charge in [0.15, 0.2) is 12.1 Å². The summed E-state index contributed by atoms with van der Waals surface area (Å²) in [6, 6.07) is 5.32. The molecule has 4 saturated heterocycles. The molecule has 1 aromatic rings. The molecule has 0 atom stereocenters. The van der Waals surface area contributed by atoms with Crippen molar-refractivity contribution in [2.75, 3.05) is 26.3 Å². The minimum atomic E-state index is -0.576. The minimum absolute atomic E-state index is 0.179. The quantitative estimate of drug-likeness (QED) is 0.786. The van der Waals surface area contributed by atoms with Crippen LogP contribution in [-0.4, -0.2) is 42.5 Å². The molecule has 1 aromatic carbocycles. The summed E-state index contributed by atoms with van der Waals surface area (Å²) in [6.07, 6.45) is 1.45. The maximum absolute atomic E-state index is 12.7. The normalized spacial score (nSPS) is 37.7. The van der Waals surface area contributed by atoms with Gasteiger partial charge in [0, 0.05) is 11.5 Å². The molecule has 0 radical (unpaired) electrons. The number of piperidine rings is 3. The van der Waals surface area contributed by atoms with Gasteiger partial charge in [-0.2, -0.15) is 0 Å². The first-order valence-corrected chi connectivity index (χ1v) is 8.33. The van der Waals surface area contributed by atoms with Gasteiger partial charge in [-0.1, -0.05) is 29.3 Å². The SMILES string of the molecule is O=C1C2CCN(CC2)C12COC(c1ccc(Cl)c(Cl)c1)OC2. The number of rotatable bonds is 1. The van der Waals surface area contributed by atoms with Crippen LogP contribution in [0.4, 0.5) is 0 Å². The fourth-order valence-corrected chi connectivity index (χ4v) is 4.11. The predicted molar refractivity (Wildman–Crippen MR) is 83.1 cm³/mol. The van der Waals surface area contributed by atoms with Gasteiger partial charge in [-0.15, -0.1) is 0 Å². The monoisotopic (exact) mass is 341 g/mol. The molecule has 4 aliphatic rings. The van der Waals surface area contributed by atoms with E-state index in [9.17, 15) is 4.79 Å². The molecule has 0 unspecified atom stereocenters. The number of hydrogen-bond acceptors (Lipinski definition) is 4. The predicted octanol–water partition coefficient (Wildman–Crippen LogP) is 3.07. The van der Waals surface area contributed by atoms with Crippen molar-refractivity contribution in [3.05, 3.63) is 33.8 Å². The van der Waals surface area contributed by atoms with Crippen LogP contribution in [0.15, 0.2) is 18.2 Å². The molecule has 0 saturated carbocycles. The molecule has 0 N–H and O–H groups in total. The Morgan fingerprint density at radius 1 is 1.09 bits per heavy atom. The average molecular weight is 342 g/mol. The molecule has 0 amide bonds. The molecule has 4 fully saturated rings. The standard InChI is InChI=1S/C16H17Cl2NO3/c17-12-2-1-11(7-13(12)18)15-21-8-16(9-22-15)14(20)10-3-5-19(16)6-4-10/h1-2,7,10,15H,3-6,8-9H2. The Kier molecular flexibility index (Phi) is 3.70. The highest BCUT2D eigenvalue weighted by atomic mass is 35.5. The Labute approximate surface area is 139 Å². The highest BCUT2D eigenvalue weighted by Crippen LogP contribution is 2.41. The van der Waals surface area contributed by atoms with Gasteiger partial charge in [-0.25, -0.2) is 0 Å². The third-order valence-corrected chi connectivity index (χ3v) is 5.83. The number of carbonyl (C=O) groups excluding carboxylic acids is 1. The van der Waals surface area contributed by atoms with E-state index in [2.05, 4.69) is 4.90 Å². The van der Waals surface area contributed by atoms with Crippen molar-refractivity contribution >= 4 is 29.0 Å². The summed E-state index contributed by atoms with van der Waals surface area (Å²) in [7, 11) is 0. The van der Waals surface area contributed by atoms with Crippen LogP contribution in [-0.2, 0) is 14.3 Å². The lowest BCUT2D eigenvalue weighted by atomic mass is 9.73. The molecule has 6 heteroatoms. The van der Waals surface area contributed by atoms with E-state index in [-0.39, 0.29) is 11.7 Å². The van der Waals surface area contributed by atoms with Crippen LogP contribution >= 0.6 is 23.2 Å². The first-order chi connectivity index (χ1) is 10.6. The molecule has 4 nitrogen and oxygen atoms in total. The summed E-state index contributed by atoms with van der Waals surface area (Å²) in [5, 5.41) is 0.978. The van der Waals surface area contributed by atoms with Crippen LogP contribution in [0.2, 0.25) is 10.0 Å². The van der Waals surface area contributed by atoms with Gasteiger partial charge in [-0.3, -0.25) is 9.69 Å². The minimum Gasteiger partial charge on any atom is -0.346 e. The van der Waals surface area contributed by atoms with Gasteiger partial charge in [0.2, 0.25) is 0 Å². The van der Waals surface area contributed by atoms with Crippen molar-refractivity contribution in [2.24, 2.45) is 5.92 Å². The summed E-state index contributed by atoms with van der Waals surface area (Å²) in [5.41, 5.74) is 0.251. The van der Waals surface area contributed by atoms with E-state index in [1.54, 1.807) is 12.1 Å². The lowest BCUT2D eigenvalue weighted by molar-refractivity contribution is -0.245. The summed E-state index contributed by atoms with van der Waals surface area (Å²) in [4.78, 5) is 14.9. The van der Waals surface area contributed by atoms with Crippen molar-refractivity contribution in [3.8, 4) is 0 Å². The second kappa shape index (κ2) is 5.46. The number of Topliss-reactive ketones (excluding diaryl/α,β-unsaturated/α-hetero) is 1. The second-order valence-electron chi connectivity index (χ2n) is 6.28. The Balaban J connectivity index is 1.53.